The number of ether oxygens (including phenoxy) is 1. The van der Waals surface area contributed by atoms with Crippen molar-refractivity contribution >= 4 is 38.1 Å². The minimum atomic E-state index is -3.88. The minimum Gasteiger partial charge on any atom is -0.444 e. The fourth-order valence-corrected chi connectivity index (χ4v) is 6.38. The molecule has 1 aliphatic heterocycles. The number of sulfone groups is 1. The summed E-state index contributed by atoms with van der Waals surface area (Å²) in [5, 5.41) is 16.1. The molecule has 0 aromatic heterocycles. The number of hydrogen-bond acceptors (Lipinski definition) is 7. The first-order valence-corrected chi connectivity index (χ1v) is 14.2. The smallest absolute Gasteiger partial charge is 0.407 e. The molecule has 0 saturated carbocycles. The van der Waals surface area contributed by atoms with Gasteiger partial charge in [0.1, 0.15) is 5.60 Å². The van der Waals surface area contributed by atoms with E-state index in [1.807, 2.05) is 44.7 Å². The maximum atomic E-state index is 13.5. The highest BCUT2D eigenvalue weighted by atomic mass is 32.2. The van der Waals surface area contributed by atoms with Crippen LogP contribution in [-0.2, 0) is 20.3 Å². The number of alkyl carbamates (subject to hydrolysis) is 1. The van der Waals surface area contributed by atoms with Crippen LogP contribution in [0.25, 0.3) is 10.8 Å². The zero-order valence-electron chi connectivity index (χ0n) is 22.1. The fourth-order valence-electron chi connectivity index (χ4n) is 4.79. The molecule has 1 N–H and O–H groups in total. The summed E-state index contributed by atoms with van der Waals surface area (Å²) in [4.78, 5) is 25.6. The van der Waals surface area contributed by atoms with Gasteiger partial charge in [0.25, 0.3) is 5.69 Å². The van der Waals surface area contributed by atoms with Crippen LogP contribution < -0.4 is 10.2 Å². The van der Waals surface area contributed by atoms with E-state index in [1.54, 1.807) is 36.4 Å². The van der Waals surface area contributed by atoms with Crippen molar-refractivity contribution in [2.75, 3.05) is 18.0 Å². The second kappa shape index (κ2) is 10.6. The summed E-state index contributed by atoms with van der Waals surface area (Å²) in [5.41, 5.74) is 1.01. The third-order valence-corrected chi connectivity index (χ3v) is 8.34. The number of fused-ring (bicyclic) bond motifs is 1. The second-order valence-corrected chi connectivity index (χ2v) is 12.6. The normalized spacial score (nSPS) is 14.9. The molecule has 0 spiro atoms. The number of rotatable bonds is 6. The first-order valence-electron chi connectivity index (χ1n) is 12.6. The number of nitrogens with one attached hydrogen (secondary N) is 1. The molecule has 0 unspecified atom stereocenters. The van der Waals surface area contributed by atoms with Crippen LogP contribution in [0, 0.1) is 17.0 Å². The van der Waals surface area contributed by atoms with Gasteiger partial charge < -0.3 is 15.0 Å². The Labute approximate surface area is 222 Å². The Bertz CT molecular complexity index is 1470. The number of carbonyl (C=O) groups excluding carboxylic acids is 1. The van der Waals surface area contributed by atoms with E-state index in [1.165, 1.54) is 6.07 Å². The summed E-state index contributed by atoms with van der Waals surface area (Å²) in [6.45, 7) is 8.55. The lowest BCUT2D eigenvalue weighted by molar-refractivity contribution is -0.385. The average Bonchev–Trinajstić information content (AvgIpc) is 2.83. The maximum Gasteiger partial charge on any atom is 0.407 e. The molecule has 4 rings (SSSR count). The number of nitro groups is 1. The number of amides is 1. The van der Waals surface area contributed by atoms with Crippen molar-refractivity contribution in [3.05, 3.63) is 75.8 Å². The van der Waals surface area contributed by atoms with E-state index in [-0.39, 0.29) is 22.2 Å². The summed E-state index contributed by atoms with van der Waals surface area (Å²) in [7, 11) is -3.88. The second-order valence-electron chi connectivity index (χ2n) is 10.7. The van der Waals surface area contributed by atoms with Crippen LogP contribution >= 0.6 is 0 Å². The maximum absolute atomic E-state index is 13.5. The van der Waals surface area contributed by atoms with Gasteiger partial charge in [-0.1, -0.05) is 30.3 Å². The number of nitro benzene ring substituents is 1. The molecule has 1 saturated heterocycles. The largest absolute Gasteiger partial charge is 0.444 e. The molecule has 1 fully saturated rings. The molecular weight excluding hydrogens is 506 g/mol. The van der Waals surface area contributed by atoms with Crippen molar-refractivity contribution in [2.45, 2.75) is 62.8 Å². The van der Waals surface area contributed by atoms with E-state index in [4.69, 9.17) is 4.74 Å². The SMILES string of the molecule is Cc1ccc(S(=O)(=O)Cc2cc(N3CCC(NC(=O)OC(C)(C)C)CC3)ccc2[N+](=O)[O-])c2ccccc12. The van der Waals surface area contributed by atoms with E-state index in [0.29, 0.717) is 37.0 Å². The van der Waals surface area contributed by atoms with Crippen LogP contribution in [0.4, 0.5) is 16.2 Å². The minimum absolute atomic E-state index is 0.0474. The first-order chi connectivity index (χ1) is 17.8. The lowest BCUT2D eigenvalue weighted by atomic mass is 10.0. The lowest BCUT2D eigenvalue weighted by Gasteiger charge is -2.34. The van der Waals surface area contributed by atoms with Crippen molar-refractivity contribution in [1.82, 2.24) is 5.32 Å². The van der Waals surface area contributed by atoms with Crippen molar-refractivity contribution in [3.8, 4) is 0 Å². The molecule has 3 aromatic rings. The number of benzene rings is 3. The monoisotopic (exact) mass is 539 g/mol. The highest BCUT2D eigenvalue weighted by molar-refractivity contribution is 7.90. The molecule has 0 atom stereocenters. The molecule has 0 radical (unpaired) electrons. The van der Waals surface area contributed by atoms with E-state index in [2.05, 4.69) is 5.32 Å². The van der Waals surface area contributed by atoms with Gasteiger partial charge in [-0.15, -0.1) is 0 Å². The zero-order chi connectivity index (χ0) is 27.7. The molecule has 1 aliphatic rings. The third kappa shape index (κ3) is 6.24. The van der Waals surface area contributed by atoms with Gasteiger partial charge in [0.05, 0.1) is 15.6 Å². The van der Waals surface area contributed by atoms with Crippen LogP contribution in [0.5, 0.6) is 0 Å². The number of piperidine rings is 1. The predicted molar refractivity (Wildman–Crippen MR) is 147 cm³/mol. The highest BCUT2D eigenvalue weighted by Crippen LogP contribution is 2.33. The topological polar surface area (TPSA) is 119 Å². The van der Waals surface area contributed by atoms with E-state index >= 15 is 0 Å². The Hall–Kier alpha value is -3.66. The number of carbonyl (C=O) groups is 1. The number of anilines is 1. The van der Waals surface area contributed by atoms with Gasteiger partial charge in [0.15, 0.2) is 9.84 Å². The molecule has 3 aromatic carbocycles. The summed E-state index contributed by atoms with van der Waals surface area (Å²) in [5.74, 6) is -0.485. The molecule has 10 heteroatoms. The molecule has 38 heavy (non-hydrogen) atoms. The summed E-state index contributed by atoms with van der Waals surface area (Å²) in [6.07, 6.45) is 0.876. The summed E-state index contributed by atoms with van der Waals surface area (Å²) < 4.78 is 32.4. The lowest BCUT2D eigenvalue weighted by Crippen LogP contribution is -2.46. The van der Waals surface area contributed by atoms with E-state index < -0.39 is 32.2 Å². The molecule has 1 heterocycles. The van der Waals surface area contributed by atoms with Gasteiger partial charge in [-0.2, -0.15) is 0 Å². The Morgan fingerprint density at radius 1 is 1.08 bits per heavy atom. The summed E-state index contributed by atoms with van der Waals surface area (Å²) in [6, 6.07) is 15.2. The van der Waals surface area contributed by atoms with E-state index in [9.17, 15) is 23.3 Å². The molecule has 0 bridgehead atoms. The third-order valence-electron chi connectivity index (χ3n) is 6.62. The highest BCUT2D eigenvalue weighted by Gasteiger charge is 2.27. The Morgan fingerprint density at radius 2 is 1.74 bits per heavy atom. The van der Waals surface area contributed by atoms with Crippen LogP contribution in [0.2, 0.25) is 0 Å². The summed E-state index contributed by atoms with van der Waals surface area (Å²) >= 11 is 0. The van der Waals surface area contributed by atoms with Crippen LogP contribution in [0.3, 0.4) is 0 Å². The van der Waals surface area contributed by atoms with Gasteiger partial charge in [-0.25, -0.2) is 13.2 Å². The molecule has 9 nitrogen and oxygen atoms in total. The zero-order valence-corrected chi connectivity index (χ0v) is 22.9. The van der Waals surface area contributed by atoms with Gasteiger partial charge in [-0.05, 0) is 69.7 Å². The predicted octanol–water partition coefficient (Wildman–Crippen LogP) is 5.52. The molecule has 0 aliphatic carbocycles. The van der Waals surface area contributed by atoms with Crippen molar-refractivity contribution in [2.24, 2.45) is 0 Å². The average molecular weight is 540 g/mol. The molecule has 1 amide bonds. The quantitative estimate of drug-likeness (QED) is 0.323. The van der Waals surface area contributed by atoms with Crippen molar-refractivity contribution < 1.29 is 22.9 Å². The van der Waals surface area contributed by atoms with E-state index in [0.717, 1.165) is 10.9 Å². The van der Waals surface area contributed by atoms with Gasteiger partial charge in [0, 0.05) is 41.8 Å². The van der Waals surface area contributed by atoms with Crippen LogP contribution in [-0.4, -0.2) is 44.2 Å². The molecule has 202 valence electrons. The number of aryl methyl sites for hydroxylation is 1. The molecular formula is C28H33N3O6S. The van der Waals surface area contributed by atoms with Crippen LogP contribution in [0.1, 0.15) is 44.7 Å². The van der Waals surface area contributed by atoms with Gasteiger partial charge in [0.2, 0.25) is 0 Å². The number of hydrogen-bond donors (Lipinski definition) is 1. The van der Waals surface area contributed by atoms with Gasteiger partial charge in [-0.3, -0.25) is 10.1 Å². The van der Waals surface area contributed by atoms with Gasteiger partial charge >= 0.3 is 6.09 Å². The van der Waals surface area contributed by atoms with Crippen molar-refractivity contribution in [1.29, 1.82) is 0 Å². The fraction of sp³-hybridized carbons (Fsp3) is 0.393. The number of nitrogens with zero attached hydrogens (tertiary/aromatic N) is 2. The Morgan fingerprint density at radius 3 is 2.37 bits per heavy atom. The Balaban J connectivity index is 1.55. The standard InChI is InChI=1S/C28H33N3O6S/c1-19-9-12-26(24-8-6-5-7-23(19)24)38(35,36)18-20-17-22(10-11-25(20)31(33)34)30-15-13-21(14-16-30)29-27(32)37-28(2,3)4/h5-12,17,21H,13-16,18H2,1-4H3,(H,29,32). The Kier molecular flexibility index (Phi) is 7.64. The van der Waals surface area contributed by atoms with Crippen LogP contribution in [0.15, 0.2) is 59.5 Å². The van der Waals surface area contributed by atoms with Crippen molar-refractivity contribution in [3.63, 3.8) is 0 Å². The first kappa shape index (κ1) is 27.4.